The summed E-state index contributed by atoms with van der Waals surface area (Å²) in [6.45, 7) is 2.80. The molecule has 9 heteroatoms. The van der Waals surface area contributed by atoms with Gasteiger partial charge in [0.15, 0.2) is 5.82 Å². The number of carbonyl (C=O) groups is 1. The molecule has 1 saturated carbocycles. The van der Waals surface area contributed by atoms with Crippen LogP contribution in [0.5, 0.6) is 0 Å². The van der Waals surface area contributed by atoms with Gasteiger partial charge < -0.3 is 16.9 Å². The van der Waals surface area contributed by atoms with Gasteiger partial charge in [-0.05, 0) is 55.4 Å². The summed E-state index contributed by atoms with van der Waals surface area (Å²) in [6.07, 6.45) is 4.58. The lowest BCUT2D eigenvalue weighted by Crippen LogP contribution is -2.27. The topological polar surface area (TPSA) is 124 Å². The molecule has 0 aliphatic heterocycles. The van der Waals surface area contributed by atoms with E-state index in [-0.39, 0.29) is 11.9 Å². The summed E-state index contributed by atoms with van der Waals surface area (Å²) in [5.41, 5.74) is 6.46. The van der Waals surface area contributed by atoms with E-state index >= 15 is 0 Å². The molecule has 1 unspecified atom stereocenters. The molecule has 144 valence electrons. The van der Waals surface area contributed by atoms with E-state index in [1.165, 1.54) is 12.1 Å². The SMILES string of the molecule is C[C@@H]1CC(CN=NN)CC[C@H]1n1cc(C(N)=O)c(Nc2ccc(F)cc2)n1. The van der Waals surface area contributed by atoms with Crippen LogP contribution in [0, 0.1) is 17.7 Å². The number of benzene rings is 1. The number of nitrogens with zero attached hydrogens (tertiary/aromatic N) is 4. The van der Waals surface area contributed by atoms with E-state index in [4.69, 9.17) is 11.6 Å². The molecule has 5 N–H and O–H groups in total. The Balaban J connectivity index is 1.78. The quantitative estimate of drug-likeness (QED) is 0.409. The van der Waals surface area contributed by atoms with Crippen molar-refractivity contribution < 1.29 is 9.18 Å². The number of aromatic nitrogens is 2. The molecule has 1 aromatic heterocycles. The maximum absolute atomic E-state index is 13.1. The smallest absolute Gasteiger partial charge is 0.254 e. The molecular weight excluding hydrogens is 349 g/mol. The van der Waals surface area contributed by atoms with Crippen LogP contribution in [0.25, 0.3) is 0 Å². The summed E-state index contributed by atoms with van der Waals surface area (Å²) in [6, 6.07) is 6.01. The second-order valence-electron chi connectivity index (χ2n) is 7.03. The standard InChI is InChI=1S/C18H24FN7O/c1-11-8-12(9-22-25-21)2-7-16(11)26-10-15(17(20)27)18(24-26)23-14-5-3-13(19)4-6-14/h3-6,10-12,16H,2,7-9H2,1H3,(H2,20,27)(H2,21,22)(H,23,24)/t11-,12?,16-/m1/s1. The third kappa shape index (κ3) is 4.42. The van der Waals surface area contributed by atoms with E-state index < -0.39 is 5.91 Å². The fraction of sp³-hybridized carbons (Fsp3) is 0.444. The van der Waals surface area contributed by atoms with Gasteiger partial charge in [0.2, 0.25) is 0 Å². The zero-order chi connectivity index (χ0) is 19.4. The number of amides is 1. The first-order valence-corrected chi connectivity index (χ1v) is 8.96. The Labute approximate surface area is 156 Å². The minimum atomic E-state index is -0.560. The lowest BCUT2D eigenvalue weighted by Gasteiger charge is -2.33. The van der Waals surface area contributed by atoms with Crippen LogP contribution in [0.4, 0.5) is 15.9 Å². The minimum Gasteiger partial charge on any atom is -0.365 e. The Kier molecular flexibility index (Phi) is 5.68. The monoisotopic (exact) mass is 373 g/mol. The fourth-order valence-corrected chi connectivity index (χ4v) is 3.72. The van der Waals surface area contributed by atoms with Crippen molar-refractivity contribution in [2.75, 3.05) is 11.9 Å². The Bertz CT molecular complexity index is 818. The van der Waals surface area contributed by atoms with E-state index in [1.54, 1.807) is 18.3 Å². The van der Waals surface area contributed by atoms with E-state index in [0.717, 1.165) is 19.3 Å². The van der Waals surface area contributed by atoms with Crippen LogP contribution in [-0.2, 0) is 0 Å². The molecule has 1 fully saturated rings. The second kappa shape index (κ2) is 8.15. The molecule has 0 spiro atoms. The molecule has 1 aliphatic carbocycles. The molecule has 1 heterocycles. The van der Waals surface area contributed by atoms with Gasteiger partial charge in [-0.1, -0.05) is 12.1 Å². The summed E-state index contributed by atoms with van der Waals surface area (Å²) in [5, 5.41) is 14.9. The summed E-state index contributed by atoms with van der Waals surface area (Å²) in [4.78, 5) is 11.8. The highest BCUT2D eigenvalue weighted by molar-refractivity contribution is 5.98. The van der Waals surface area contributed by atoms with Crippen LogP contribution < -0.4 is 16.9 Å². The highest BCUT2D eigenvalue weighted by Gasteiger charge is 2.30. The van der Waals surface area contributed by atoms with E-state index in [2.05, 4.69) is 27.7 Å². The zero-order valence-electron chi connectivity index (χ0n) is 15.2. The number of halogens is 1. The summed E-state index contributed by atoms with van der Waals surface area (Å²) < 4.78 is 14.9. The number of carbonyl (C=O) groups excluding carboxylic acids is 1. The van der Waals surface area contributed by atoms with Crippen molar-refractivity contribution in [1.82, 2.24) is 9.78 Å². The minimum absolute atomic E-state index is 0.165. The third-order valence-corrected chi connectivity index (χ3v) is 5.10. The number of nitrogens with two attached hydrogens (primary N) is 2. The normalized spacial score (nSPS) is 22.8. The molecule has 27 heavy (non-hydrogen) atoms. The number of rotatable bonds is 6. The van der Waals surface area contributed by atoms with Gasteiger partial charge in [0, 0.05) is 11.9 Å². The van der Waals surface area contributed by atoms with Crippen LogP contribution in [-0.4, -0.2) is 22.2 Å². The summed E-state index contributed by atoms with van der Waals surface area (Å²) in [7, 11) is 0. The molecule has 1 aromatic carbocycles. The van der Waals surface area contributed by atoms with Gasteiger partial charge >= 0.3 is 0 Å². The molecule has 3 rings (SSSR count). The van der Waals surface area contributed by atoms with Crippen molar-refractivity contribution in [3.8, 4) is 0 Å². The fourth-order valence-electron chi connectivity index (χ4n) is 3.72. The van der Waals surface area contributed by atoms with Gasteiger partial charge in [-0.3, -0.25) is 9.48 Å². The average Bonchev–Trinajstić information content (AvgIpc) is 3.05. The lowest BCUT2D eigenvalue weighted by atomic mass is 9.79. The average molecular weight is 373 g/mol. The van der Waals surface area contributed by atoms with Crippen molar-refractivity contribution >= 4 is 17.4 Å². The van der Waals surface area contributed by atoms with E-state index in [1.807, 2.05) is 4.68 Å². The zero-order valence-corrected chi connectivity index (χ0v) is 15.2. The number of anilines is 2. The van der Waals surface area contributed by atoms with Crippen molar-refractivity contribution in [2.24, 2.45) is 33.7 Å². The molecule has 2 aromatic rings. The Morgan fingerprint density at radius 2 is 2.11 bits per heavy atom. The largest absolute Gasteiger partial charge is 0.365 e. The van der Waals surface area contributed by atoms with Crippen molar-refractivity contribution in [3.05, 3.63) is 41.8 Å². The third-order valence-electron chi connectivity index (χ3n) is 5.10. The molecule has 1 amide bonds. The lowest BCUT2D eigenvalue weighted by molar-refractivity contribution is 0.100. The Hall–Kier alpha value is -2.97. The summed E-state index contributed by atoms with van der Waals surface area (Å²) >= 11 is 0. The molecule has 0 bridgehead atoms. The Morgan fingerprint density at radius 1 is 1.37 bits per heavy atom. The molecule has 1 aliphatic rings. The van der Waals surface area contributed by atoms with Crippen LogP contribution in [0.15, 0.2) is 40.8 Å². The van der Waals surface area contributed by atoms with Crippen molar-refractivity contribution in [3.63, 3.8) is 0 Å². The summed E-state index contributed by atoms with van der Waals surface area (Å²) in [5.74, 6) is 5.38. The first-order chi connectivity index (χ1) is 13.0. The first kappa shape index (κ1) is 18.8. The van der Waals surface area contributed by atoms with Gasteiger partial charge in [0.25, 0.3) is 5.91 Å². The van der Waals surface area contributed by atoms with Crippen molar-refractivity contribution in [2.45, 2.75) is 32.2 Å². The van der Waals surface area contributed by atoms with Crippen molar-refractivity contribution in [1.29, 1.82) is 0 Å². The number of hydrogen-bond acceptors (Lipinski definition) is 5. The van der Waals surface area contributed by atoms with Gasteiger partial charge in [-0.25, -0.2) is 4.39 Å². The number of primary amides is 1. The molecule has 0 radical (unpaired) electrons. The predicted octanol–water partition coefficient (Wildman–Crippen LogP) is 3.17. The van der Waals surface area contributed by atoms with Gasteiger partial charge in [-0.15, -0.1) is 0 Å². The highest BCUT2D eigenvalue weighted by Crippen LogP contribution is 2.37. The van der Waals surface area contributed by atoms with Gasteiger partial charge in [0.1, 0.15) is 11.4 Å². The van der Waals surface area contributed by atoms with Crippen LogP contribution in [0.3, 0.4) is 0 Å². The molecule has 0 saturated heterocycles. The number of hydrogen-bond donors (Lipinski definition) is 3. The van der Waals surface area contributed by atoms with Gasteiger partial charge in [0.05, 0.1) is 12.6 Å². The molecule has 8 nitrogen and oxygen atoms in total. The van der Waals surface area contributed by atoms with Gasteiger partial charge in [-0.2, -0.15) is 10.2 Å². The van der Waals surface area contributed by atoms with Crippen LogP contribution >= 0.6 is 0 Å². The van der Waals surface area contributed by atoms with Crippen LogP contribution in [0.1, 0.15) is 42.6 Å². The molecular formula is C18H24FN7O. The predicted molar refractivity (Wildman–Crippen MR) is 99.9 cm³/mol. The molecule has 3 atom stereocenters. The first-order valence-electron chi connectivity index (χ1n) is 8.96. The van der Waals surface area contributed by atoms with E-state index in [0.29, 0.717) is 35.4 Å². The highest BCUT2D eigenvalue weighted by atomic mass is 19.1. The number of nitrogens with one attached hydrogen (secondary N) is 1. The Morgan fingerprint density at radius 3 is 2.74 bits per heavy atom. The second-order valence-corrected chi connectivity index (χ2v) is 7.03. The maximum Gasteiger partial charge on any atom is 0.254 e. The maximum atomic E-state index is 13.1. The van der Waals surface area contributed by atoms with Crippen LogP contribution in [0.2, 0.25) is 0 Å². The van der Waals surface area contributed by atoms with E-state index in [9.17, 15) is 9.18 Å².